The molecule has 1 amide bonds. The number of piperidine rings is 1. The van der Waals surface area contributed by atoms with Crippen molar-refractivity contribution < 1.29 is 4.79 Å². The highest BCUT2D eigenvalue weighted by atomic mass is 16.2. The van der Waals surface area contributed by atoms with E-state index in [0.717, 1.165) is 44.7 Å². The van der Waals surface area contributed by atoms with E-state index in [1.807, 2.05) is 0 Å². The Labute approximate surface area is 98.4 Å². The van der Waals surface area contributed by atoms with Crippen molar-refractivity contribution in [1.82, 2.24) is 4.90 Å². The fourth-order valence-electron chi connectivity index (χ4n) is 2.99. The molecule has 4 unspecified atom stereocenters. The SMILES string of the molecule is CC1CCN(C(=O)C2CCCC2N)CC1C. The van der Waals surface area contributed by atoms with Crippen molar-refractivity contribution in [3.63, 3.8) is 0 Å². The van der Waals surface area contributed by atoms with E-state index in [0.29, 0.717) is 11.8 Å². The molecule has 2 aliphatic rings. The average Bonchev–Trinajstić information content (AvgIpc) is 2.67. The van der Waals surface area contributed by atoms with Crippen molar-refractivity contribution in [2.45, 2.75) is 45.6 Å². The monoisotopic (exact) mass is 224 g/mol. The predicted molar refractivity (Wildman–Crippen MR) is 64.8 cm³/mol. The Morgan fingerprint density at radius 3 is 2.50 bits per heavy atom. The number of nitrogens with two attached hydrogens (primary N) is 1. The summed E-state index contributed by atoms with van der Waals surface area (Å²) in [6.45, 7) is 6.41. The number of rotatable bonds is 1. The Hall–Kier alpha value is -0.570. The summed E-state index contributed by atoms with van der Waals surface area (Å²) in [6.07, 6.45) is 4.29. The van der Waals surface area contributed by atoms with Crippen LogP contribution in [0.2, 0.25) is 0 Å². The summed E-state index contributed by atoms with van der Waals surface area (Å²) in [7, 11) is 0. The van der Waals surface area contributed by atoms with Crippen LogP contribution in [0.15, 0.2) is 0 Å². The minimum Gasteiger partial charge on any atom is -0.342 e. The van der Waals surface area contributed by atoms with E-state index in [1.54, 1.807) is 0 Å². The molecule has 2 rings (SSSR count). The van der Waals surface area contributed by atoms with Crippen LogP contribution in [0.4, 0.5) is 0 Å². The largest absolute Gasteiger partial charge is 0.342 e. The van der Waals surface area contributed by atoms with Crippen LogP contribution in [0.1, 0.15) is 39.5 Å². The van der Waals surface area contributed by atoms with Gasteiger partial charge in [-0.05, 0) is 31.1 Å². The molecule has 1 saturated heterocycles. The first kappa shape index (κ1) is 11.9. The maximum Gasteiger partial charge on any atom is 0.227 e. The Balaban J connectivity index is 1.95. The van der Waals surface area contributed by atoms with E-state index >= 15 is 0 Å². The van der Waals surface area contributed by atoms with Crippen molar-refractivity contribution in [3.05, 3.63) is 0 Å². The van der Waals surface area contributed by atoms with Gasteiger partial charge in [0.2, 0.25) is 5.91 Å². The molecule has 4 atom stereocenters. The zero-order valence-corrected chi connectivity index (χ0v) is 10.5. The summed E-state index contributed by atoms with van der Waals surface area (Å²) in [4.78, 5) is 14.4. The highest BCUT2D eigenvalue weighted by Gasteiger charge is 2.35. The minimum absolute atomic E-state index is 0.112. The first-order valence-corrected chi connectivity index (χ1v) is 6.64. The molecular weight excluding hydrogens is 200 g/mol. The summed E-state index contributed by atoms with van der Waals surface area (Å²) in [5.74, 6) is 1.82. The molecule has 3 heteroatoms. The third kappa shape index (κ3) is 2.24. The van der Waals surface area contributed by atoms with Gasteiger partial charge in [0.1, 0.15) is 0 Å². The van der Waals surface area contributed by atoms with Crippen LogP contribution in [0, 0.1) is 17.8 Å². The van der Waals surface area contributed by atoms with Crippen LogP contribution in [0.5, 0.6) is 0 Å². The maximum atomic E-state index is 12.3. The first-order valence-electron chi connectivity index (χ1n) is 6.64. The lowest BCUT2D eigenvalue weighted by Crippen LogP contribution is -2.47. The van der Waals surface area contributed by atoms with Crippen molar-refractivity contribution in [1.29, 1.82) is 0 Å². The van der Waals surface area contributed by atoms with Crippen LogP contribution in [0.25, 0.3) is 0 Å². The molecular formula is C13H24N2O. The maximum absolute atomic E-state index is 12.3. The van der Waals surface area contributed by atoms with Gasteiger partial charge in [0.05, 0.1) is 5.92 Å². The van der Waals surface area contributed by atoms with E-state index in [-0.39, 0.29) is 12.0 Å². The lowest BCUT2D eigenvalue weighted by atomic mass is 9.88. The van der Waals surface area contributed by atoms with Gasteiger partial charge in [-0.25, -0.2) is 0 Å². The molecule has 1 heterocycles. The van der Waals surface area contributed by atoms with E-state index < -0.39 is 0 Å². The van der Waals surface area contributed by atoms with Crippen molar-refractivity contribution in [2.24, 2.45) is 23.5 Å². The van der Waals surface area contributed by atoms with Crippen LogP contribution in [0.3, 0.4) is 0 Å². The zero-order valence-electron chi connectivity index (χ0n) is 10.5. The van der Waals surface area contributed by atoms with Gasteiger partial charge in [0.15, 0.2) is 0 Å². The van der Waals surface area contributed by atoms with Gasteiger partial charge >= 0.3 is 0 Å². The first-order chi connectivity index (χ1) is 7.59. The molecule has 0 aromatic carbocycles. The van der Waals surface area contributed by atoms with Gasteiger partial charge in [-0.1, -0.05) is 20.3 Å². The molecule has 0 bridgehead atoms. The summed E-state index contributed by atoms with van der Waals surface area (Å²) in [5, 5.41) is 0. The Bertz CT molecular complexity index is 267. The predicted octanol–water partition coefficient (Wildman–Crippen LogP) is 1.62. The summed E-state index contributed by atoms with van der Waals surface area (Å²) < 4.78 is 0. The second kappa shape index (κ2) is 4.74. The second-order valence-electron chi connectivity index (χ2n) is 5.73. The lowest BCUT2D eigenvalue weighted by Gasteiger charge is -2.37. The minimum atomic E-state index is 0.112. The Morgan fingerprint density at radius 1 is 1.19 bits per heavy atom. The molecule has 1 aliphatic carbocycles. The molecule has 2 N–H and O–H groups in total. The van der Waals surface area contributed by atoms with Gasteiger partial charge in [0.25, 0.3) is 0 Å². The molecule has 0 aromatic heterocycles. The lowest BCUT2D eigenvalue weighted by molar-refractivity contribution is -0.138. The second-order valence-corrected chi connectivity index (χ2v) is 5.73. The van der Waals surface area contributed by atoms with Crippen LogP contribution in [-0.2, 0) is 4.79 Å². The van der Waals surface area contributed by atoms with Crippen LogP contribution < -0.4 is 5.73 Å². The molecule has 3 nitrogen and oxygen atoms in total. The normalized spacial score (nSPS) is 40.1. The van der Waals surface area contributed by atoms with Crippen molar-refractivity contribution in [3.8, 4) is 0 Å². The summed E-state index contributed by atoms with van der Waals surface area (Å²) in [5.41, 5.74) is 6.00. The zero-order chi connectivity index (χ0) is 11.7. The molecule has 2 fully saturated rings. The molecule has 1 saturated carbocycles. The molecule has 1 aliphatic heterocycles. The van der Waals surface area contributed by atoms with Crippen molar-refractivity contribution >= 4 is 5.91 Å². The van der Waals surface area contributed by atoms with E-state index in [9.17, 15) is 4.79 Å². The Kier molecular flexibility index (Phi) is 3.53. The third-order valence-electron chi connectivity index (χ3n) is 4.53. The number of nitrogens with zero attached hydrogens (tertiary/aromatic N) is 1. The summed E-state index contributed by atoms with van der Waals surface area (Å²) in [6, 6.07) is 0.113. The highest BCUT2D eigenvalue weighted by Crippen LogP contribution is 2.29. The average molecular weight is 224 g/mol. The van der Waals surface area contributed by atoms with E-state index in [2.05, 4.69) is 18.7 Å². The standard InChI is InChI=1S/C13H24N2O/c1-9-6-7-15(8-10(9)2)13(16)11-4-3-5-12(11)14/h9-12H,3-8,14H2,1-2H3. The molecule has 16 heavy (non-hydrogen) atoms. The third-order valence-corrected chi connectivity index (χ3v) is 4.53. The number of likely N-dealkylation sites (tertiary alicyclic amines) is 1. The number of carbonyl (C=O) groups is 1. The molecule has 0 aromatic rings. The van der Waals surface area contributed by atoms with Gasteiger partial charge in [-0.3, -0.25) is 4.79 Å². The van der Waals surface area contributed by atoms with E-state index in [4.69, 9.17) is 5.73 Å². The van der Waals surface area contributed by atoms with E-state index in [1.165, 1.54) is 0 Å². The Morgan fingerprint density at radius 2 is 1.94 bits per heavy atom. The van der Waals surface area contributed by atoms with Gasteiger partial charge < -0.3 is 10.6 Å². The smallest absolute Gasteiger partial charge is 0.227 e. The van der Waals surface area contributed by atoms with Gasteiger partial charge in [-0.2, -0.15) is 0 Å². The number of hydrogen-bond acceptors (Lipinski definition) is 2. The molecule has 0 spiro atoms. The fraction of sp³-hybridized carbons (Fsp3) is 0.923. The van der Waals surface area contributed by atoms with Gasteiger partial charge in [-0.15, -0.1) is 0 Å². The summed E-state index contributed by atoms with van der Waals surface area (Å²) >= 11 is 0. The highest BCUT2D eigenvalue weighted by molar-refractivity contribution is 5.80. The molecule has 0 radical (unpaired) electrons. The van der Waals surface area contributed by atoms with Crippen LogP contribution >= 0.6 is 0 Å². The fourth-order valence-corrected chi connectivity index (χ4v) is 2.99. The van der Waals surface area contributed by atoms with Crippen molar-refractivity contribution in [2.75, 3.05) is 13.1 Å². The number of hydrogen-bond donors (Lipinski definition) is 1. The topological polar surface area (TPSA) is 46.3 Å². The number of amides is 1. The van der Waals surface area contributed by atoms with Gasteiger partial charge in [0, 0.05) is 19.1 Å². The number of carbonyl (C=O) groups excluding carboxylic acids is 1. The molecule has 92 valence electrons. The quantitative estimate of drug-likeness (QED) is 0.735. The van der Waals surface area contributed by atoms with Crippen LogP contribution in [-0.4, -0.2) is 29.9 Å².